The highest BCUT2D eigenvalue weighted by Gasteiger charge is 2.65. The highest BCUT2D eigenvalue weighted by Crippen LogP contribution is 2.65. The molecular formula is C31H25ClN4O3. The van der Waals surface area contributed by atoms with Crippen molar-refractivity contribution < 1.29 is 14.7 Å². The molecule has 1 saturated carbocycles. The molecule has 8 heteroatoms. The summed E-state index contributed by atoms with van der Waals surface area (Å²) in [4.78, 5) is 24.9. The molecule has 5 N–H and O–H groups in total. The van der Waals surface area contributed by atoms with Crippen molar-refractivity contribution in [2.45, 2.75) is 24.7 Å². The average molecular weight is 537 g/mol. The molecule has 0 bridgehead atoms. The second-order valence-electron chi connectivity index (χ2n) is 10.1. The van der Waals surface area contributed by atoms with Gasteiger partial charge in [-0.25, -0.2) is 10.6 Å². The number of carboxylic acids is 1. The second kappa shape index (κ2) is 9.08. The summed E-state index contributed by atoms with van der Waals surface area (Å²) in [6.45, 7) is 1.77. The van der Waals surface area contributed by atoms with Gasteiger partial charge in [0.25, 0.3) is 0 Å². The predicted octanol–water partition coefficient (Wildman–Crippen LogP) is 6.35. The van der Waals surface area contributed by atoms with Crippen molar-refractivity contribution in [2.24, 2.45) is 5.84 Å². The lowest BCUT2D eigenvalue weighted by molar-refractivity contribution is -0.118. The van der Waals surface area contributed by atoms with Gasteiger partial charge >= 0.3 is 5.97 Å². The molecule has 1 fully saturated rings. The number of anilines is 2. The molecular weight excluding hydrogens is 512 g/mol. The Morgan fingerprint density at radius 3 is 2.33 bits per heavy atom. The number of hydrazine groups is 1. The van der Waals surface area contributed by atoms with Crippen LogP contribution in [0.25, 0.3) is 22.3 Å². The third-order valence-electron chi connectivity index (χ3n) is 7.93. The summed E-state index contributed by atoms with van der Waals surface area (Å²) < 4.78 is 0. The van der Waals surface area contributed by atoms with Gasteiger partial charge < -0.3 is 10.4 Å². The first-order chi connectivity index (χ1) is 18.7. The van der Waals surface area contributed by atoms with Crippen molar-refractivity contribution in [3.63, 3.8) is 0 Å². The first kappa shape index (κ1) is 24.9. The summed E-state index contributed by atoms with van der Waals surface area (Å²) in [7, 11) is 0. The van der Waals surface area contributed by atoms with Crippen molar-refractivity contribution in [1.82, 2.24) is 0 Å². The summed E-state index contributed by atoms with van der Waals surface area (Å²) in [5, 5.41) is 21.6. The molecule has 2 aliphatic rings. The van der Waals surface area contributed by atoms with Crippen LogP contribution in [-0.2, 0) is 10.2 Å². The van der Waals surface area contributed by atoms with E-state index in [9.17, 15) is 14.7 Å². The number of hydrogen-bond donors (Lipinski definition) is 4. The SMILES string of the molecule is Cc1ccc(C2CC23C(=O)Nc2cc(Cl)c(-c4ccc(-c5ccc(N(N)C=N)cc5)cc4)cc23)cc1C(=O)O. The van der Waals surface area contributed by atoms with Gasteiger partial charge in [-0.1, -0.05) is 60.1 Å². The molecule has 0 saturated heterocycles. The number of hydrogen-bond acceptors (Lipinski definition) is 4. The molecule has 1 amide bonds. The normalized spacial score (nSPS) is 18.9. The van der Waals surface area contributed by atoms with E-state index in [2.05, 4.69) is 5.32 Å². The molecule has 1 spiro atoms. The Morgan fingerprint density at radius 2 is 1.69 bits per heavy atom. The quantitative estimate of drug-likeness (QED) is 0.0991. The molecule has 1 aliphatic heterocycles. The third kappa shape index (κ3) is 3.98. The van der Waals surface area contributed by atoms with E-state index in [1.807, 2.05) is 60.7 Å². The van der Waals surface area contributed by atoms with Crippen LogP contribution in [0.4, 0.5) is 11.4 Å². The number of carbonyl (C=O) groups is 2. The van der Waals surface area contributed by atoms with Gasteiger partial charge in [0.15, 0.2) is 0 Å². The second-order valence-corrected chi connectivity index (χ2v) is 10.5. The smallest absolute Gasteiger partial charge is 0.335 e. The number of aryl methyl sites for hydroxylation is 1. The van der Waals surface area contributed by atoms with Crippen molar-refractivity contribution in [3.8, 4) is 22.3 Å². The summed E-state index contributed by atoms with van der Waals surface area (Å²) in [6, 6.07) is 24.9. The van der Waals surface area contributed by atoms with E-state index < -0.39 is 11.4 Å². The lowest BCUT2D eigenvalue weighted by atomic mass is 9.89. The molecule has 1 heterocycles. The van der Waals surface area contributed by atoms with Gasteiger partial charge in [0.2, 0.25) is 5.91 Å². The molecule has 4 aromatic rings. The van der Waals surface area contributed by atoms with Crippen LogP contribution in [-0.4, -0.2) is 23.3 Å². The predicted molar refractivity (Wildman–Crippen MR) is 154 cm³/mol. The Hall–Kier alpha value is -4.46. The summed E-state index contributed by atoms with van der Waals surface area (Å²) in [6.07, 6.45) is 1.66. The number of carboxylic acid groups (broad SMARTS) is 1. The summed E-state index contributed by atoms with van der Waals surface area (Å²) >= 11 is 6.70. The van der Waals surface area contributed by atoms with Gasteiger partial charge in [-0.05, 0) is 77.1 Å². The third-order valence-corrected chi connectivity index (χ3v) is 8.24. The Balaban J connectivity index is 1.32. The first-order valence-electron chi connectivity index (χ1n) is 12.5. The number of aromatic carboxylic acids is 1. The number of amides is 1. The molecule has 4 aromatic carbocycles. The highest BCUT2D eigenvalue weighted by atomic mass is 35.5. The number of fused-ring (bicyclic) bond motifs is 2. The minimum absolute atomic E-state index is 0.0778. The van der Waals surface area contributed by atoms with Crippen LogP contribution < -0.4 is 16.2 Å². The lowest BCUT2D eigenvalue weighted by Crippen LogP contribution is -2.28. The monoisotopic (exact) mass is 536 g/mol. The minimum atomic E-state index is -0.971. The fraction of sp³-hybridized carbons (Fsp3) is 0.129. The maximum Gasteiger partial charge on any atom is 0.335 e. The van der Waals surface area contributed by atoms with Gasteiger partial charge in [0, 0.05) is 17.2 Å². The number of rotatable bonds is 6. The molecule has 2 atom stereocenters. The highest BCUT2D eigenvalue weighted by molar-refractivity contribution is 6.34. The van der Waals surface area contributed by atoms with Gasteiger partial charge in [-0.2, -0.15) is 0 Å². The van der Waals surface area contributed by atoms with Gasteiger partial charge in [0.1, 0.15) is 6.34 Å². The largest absolute Gasteiger partial charge is 0.478 e. The van der Waals surface area contributed by atoms with Crippen molar-refractivity contribution in [1.29, 1.82) is 5.41 Å². The van der Waals surface area contributed by atoms with Crippen LogP contribution in [0, 0.1) is 12.3 Å². The van der Waals surface area contributed by atoms with E-state index in [0.29, 0.717) is 22.7 Å². The Morgan fingerprint density at radius 1 is 1.05 bits per heavy atom. The molecule has 39 heavy (non-hydrogen) atoms. The van der Waals surface area contributed by atoms with E-state index in [0.717, 1.165) is 45.4 Å². The van der Waals surface area contributed by atoms with Crippen LogP contribution in [0.1, 0.15) is 39.4 Å². The van der Waals surface area contributed by atoms with E-state index in [4.69, 9.17) is 22.9 Å². The average Bonchev–Trinajstić information content (AvgIpc) is 3.63. The molecule has 2 unspecified atom stereocenters. The van der Waals surface area contributed by atoms with Crippen molar-refractivity contribution in [3.05, 3.63) is 106 Å². The van der Waals surface area contributed by atoms with E-state index in [1.54, 1.807) is 25.1 Å². The zero-order chi connectivity index (χ0) is 27.5. The fourth-order valence-electron chi connectivity index (χ4n) is 5.67. The Kier molecular flexibility index (Phi) is 5.79. The van der Waals surface area contributed by atoms with Crippen LogP contribution in [0.2, 0.25) is 5.02 Å². The fourth-order valence-corrected chi connectivity index (χ4v) is 5.94. The summed E-state index contributed by atoms with van der Waals surface area (Å²) in [5.74, 6) is 4.60. The molecule has 194 valence electrons. The Bertz CT molecular complexity index is 1670. The molecule has 6 rings (SSSR count). The maximum atomic E-state index is 13.2. The van der Waals surface area contributed by atoms with E-state index in [1.165, 1.54) is 5.01 Å². The van der Waals surface area contributed by atoms with Crippen molar-refractivity contribution in [2.75, 3.05) is 10.3 Å². The maximum absolute atomic E-state index is 13.2. The van der Waals surface area contributed by atoms with Gasteiger partial charge in [-0.3, -0.25) is 15.2 Å². The number of benzene rings is 4. The summed E-state index contributed by atoms with van der Waals surface area (Å²) in [5.41, 5.74) is 7.18. The first-order valence-corrected chi connectivity index (χ1v) is 12.9. The molecule has 0 radical (unpaired) electrons. The van der Waals surface area contributed by atoms with Crippen molar-refractivity contribution >= 4 is 41.2 Å². The topological polar surface area (TPSA) is 120 Å². The zero-order valence-electron chi connectivity index (χ0n) is 21.0. The standard InChI is InChI=1S/C31H25ClN4O3/c1-17-2-3-21(12-23(17)29(37)38)26-15-31(26)25-13-24(27(32)14-28(25)35-30(31)39)20-6-4-18(5-7-20)19-8-10-22(11-9-19)36(34)16-33/h2-14,16,26,33H,15,34H2,1H3,(H,35,39)(H,37,38). The molecule has 0 aromatic heterocycles. The van der Waals surface area contributed by atoms with Gasteiger partial charge in [-0.15, -0.1) is 0 Å². The van der Waals surface area contributed by atoms with E-state index in [-0.39, 0.29) is 17.4 Å². The number of carbonyl (C=O) groups excluding carboxylic acids is 1. The number of nitrogens with zero attached hydrogens (tertiary/aromatic N) is 1. The van der Waals surface area contributed by atoms with Crippen LogP contribution in [0.5, 0.6) is 0 Å². The number of halogens is 1. The Labute approximate surface area is 230 Å². The molecule has 7 nitrogen and oxygen atoms in total. The zero-order valence-corrected chi connectivity index (χ0v) is 21.8. The number of nitrogens with two attached hydrogens (primary N) is 1. The lowest BCUT2D eigenvalue weighted by Gasteiger charge is -2.14. The van der Waals surface area contributed by atoms with Gasteiger partial charge in [0.05, 0.1) is 21.7 Å². The van der Waals surface area contributed by atoms with Crippen LogP contribution in [0.3, 0.4) is 0 Å². The van der Waals surface area contributed by atoms with E-state index >= 15 is 0 Å². The number of nitrogens with one attached hydrogen (secondary N) is 2. The van der Waals surface area contributed by atoms with Crippen LogP contribution >= 0.6 is 11.6 Å². The molecule has 1 aliphatic carbocycles. The van der Waals surface area contributed by atoms with Crippen LogP contribution in [0.15, 0.2) is 78.9 Å². The minimum Gasteiger partial charge on any atom is -0.478 e.